The average Bonchev–Trinajstić information content (AvgIpc) is 3.06. The number of hydrogen-bond acceptors (Lipinski definition) is 4. The van der Waals surface area contributed by atoms with Gasteiger partial charge in [-0.3, -0.25) is 14.2 Å². The van der Waals surface area contributed by atoms with Crippen molar-refractivity contribution in [1.82, 2.24) is 19.3 Å². The third-order valence-electron chi connectivity index (χ3n) is 4.73. The molecule has 1 N–H and O–H groups in total. The molecule has 4 rings (SSSR count). The highest BCUT2D eigenvalue weighted by Gasteiger charge is 2.12. The van der Waals surface area contributed by atoms with Gasteiger partial charge < -0.3 is 5.32 Å². The van der Waals surface area contributed by atoms with E-state index in [2.05, 4.69) is 15.4 Å². The Morgan fingerprint density at radius 3 is 2.62 bits per heavy atom. The van der Waals surface area contributed by atoms with Crippen LogP contribution in [0.2, 0.25) is 0 Å². The van der Waals surface area contributed by atoms with Gasteiger partial charge >= 0.3 is 0 Å². The Labute approximate surface area is 167 Å². The molecule has 0 bridgehead atoms. The van der Waals surface area contributed by atoms with Crippen molar-refractivity contribution < 1.29 is 4.79 Å². The van der Waals surface area contributed by atoms with Crippen molar-refractivity contribution in [3.63, 3.8) is 0 Å². The Kier molecular flexibility index (Phi) is 4.95. The number of para-hydroxylation sites is 3. The molecule has 7 nitrogen and oxygen atoms in total. The molecule has 0 aliphatic heterocycles. The summed E-state index contributed by atoms with van der Waals surface area (Å²) < 4.78 is 3.28. The summed E-state index contributed by atoms with van der Waals surface area (Å²) in [5.41, 5.74) is 3.87. The highest BCUT2D eigenvalue weighted by atomic mass is 16.2. The van der Waals surface area contributed by atoms with Crippen LogP contribution in [0, 0.1) is 13.8 Å². The number of rotatable bonds is 5. The molecular formula is C22H21N5O2. The van der Waals surface area contributed by atoms with E-state index < -0.39 is 0 Å². The van der Waals surface area contributed by atoms with Crippen LogP contribution in [0.4, 0.5) is 5.69 Å². The Bertz CT molecular complexity index is 1260. The first-order valence-corrected chi connectivity index (χ1v) is 9.39. The number of nitrogens with zero attached hydrogens (tertiary/aromatic N) is 4. The smallest absolute Gasteiger partial charge is 0.261 e. The molecule has 0 saturated carbocycles. The highest BCUT2D eigenvalue weighted by molar-refractivity contribution is 5.92. The first kappa shape index (κ1) is 18.6. The monoisotopic (exact) mass is 387 g/mol. The fourth-order valence-corrected chi connectivity index (χ4v) is 3.34. The average molecular weight is 387 g/mol. The van der Waals surface area contributed by atoms with Crippen LogP contribution >= 0.6 is 0 Å². The molecule has 0 spiro atoms. The zero-order valence-corrected chi connectivity index (χ0v) is 16.3. The summed E-state index contributed by atoms with van der Waals surface area (Å²) in [6, 6.07) is 16.7. The van der Waals surface area contributed by atoms with E-state index >= 15 is 0 Å². The minimum atomic E-state index is -0.181. The van der Waals surface area contributed by atoms with E-state index in [1.54, 1.807) is 18.2 Å². The summed E-state index contributed by atoms with van der Waals surface area (Å²) in [4.78, 5) is 29.4. The van der Waals surface area contributed by atoms with Gasteiger partial charge in [-0.25, -0.2) is 9.67 Å². The lowest BCUT2D eigenvalue weighted by atomic mass is 10.2. The number of carbonyl (C=O) groups excluding carboxylic acids is 1. The predicted molar refractivity (Wildman–Crippen MR) is 112 cm³/mol. The van der Waals surface area contributed by atoms with Crippen molar-refractivity contribution >= 4 is 22.5 Å². The molecule has 4 aromatic rings. The molecule has 2 aromatic heterocycles. The van der Waals surface area contributed by atoms with Gasteiger partial charge in [0.15, 0.2) is 0 Å². The Balaban J connectivity index is 1.51. The molecule has 0 unspecified atom stereocenters. The number of nitrogens with one attached hydrogen (secondary N) is 1. The van der Waals surface area contributed by atoms with Crippen molar-refractivity contribution in [3.05, 3.63) is 82.7 Å². The van der Waals surface area contributed by atoms with Crippen LogP contribution in [0.25, 0.3) is 16.6 Å². The van der Waals surface area contributed by atoms with E-state index in [0.717, 1.165) is 17.1 Å². The maximum Gasteiger partial charge on any atom is 0.261 e. The largest absolute Gasteiger partial charge is 0.324 e. The normalized spacial score (nSPS) is 11.0. The van der Waals surface area contributed by atoms with E-state index in [1.165, 1.54) is 10.9 Å². The van der Waals surface area contributed by atoms with Gasteiger partial charge in [0, 0.05) is 18.7 Å². The van der Waals surface area contributed by atoms with Gasteiger partial charge in [0.25, 0.3) is 5.56 Å². The second kappa shape index (κ2) is 7.71. The zero-order chi connectivity index (χ0) is 20.4. The van der Waals surface area contributed by atoms with Crippen LogP contribution < -0.4 is 10.9 Å². The third kappa shape index (κ3) is 3.80. The Morgan fingerprint density at radius 2 is 1.83 bits per heavy atom. The Hall–Kier alpha value is -3.74. The minimum absolute atomic E-state index is 0.147. The third-order valence-corrected chi connectivity index (χ3v) is 4.73. The molecule has 0 atom stereocenters. The van der Waals surface area contributed by atoms with Crippen LogP contribution in [0.3, 0.4) is 0 Å². The summed E-state index contributed by atoms with van der Waals surface area (Å²) in [5.74, 6) is -0.181. The van der Waals surface area contributed by atoms with Crippen molar-refractivity contribution in [1.29, 1.82) is 0 Å². The molecule has 0 radical (unpaired) electrons. The lowest BCUT2D eigenvalue weighted by molar-refractivity contribution is -0.116. The molecule has 0 fully saturated rings. The van der Waals surface area contributed by atoms with Gasteiger partial charge in [-0.2, -0.15) is 5.10 Å². The molecule has 2 aromatic carbocycles. The number of hydrogen-bond donors (Lipinski definition) is 1. The van der Waals surface area contributed by atoms with Crippen molar-refractivity contribution in [2.24, 2.45) is 0 Å². The molecule has 29 heavy (non-hydrogen) atoms. The van der Waals surface area contributed by atoms with Crippen LogP contribution in [0.15, 0.2) is 65.7 Å². The second-order valence-electron chi connectivity index (χ2n) is 6.91. The molecule has 7 heteroatoms. The maximum atomic E-state index is 12.6. The van der Waals surface area contributed by atoms with Gasteiger partial charge in [-0.05, 0) is 44.2 Å². The quantitative estimate of drug-likeness (QED) is 0.570. The summed E-state index contributed by atoms with van der Waals surface area (Å²) in [5, 5.41) is 7.98. The van der Waals surface area contributed by atoms with E-state index in [0.29, 0.717) is 16.6 Å². The molecule has 0 aliphatic carbocycles. The first-order valence-electron chi connectivity index (χ1n) is 9.39. The van der Waals surface area contributed by atoms with E-state index in [-0.39, 0.29) is 24.4 Å². The fourth-order valence-electron chi connectivity index (χ4n) is 3.34. The van der Waals surface area contributed by atoms with Gasteiger partial charge in [0.05, 0.1) is 34.3 Å². The summed E-state index contributed by atoms with van der Waals surface area (Å²) in [7, 11) is 0. The first-order chi connectivity index (χ1) is 14.0. The SMILES string of the molecule is Cc1cc(C)n(-c2ccccc2NC(=O)CCn2cnc3ccccc3c2=O)n1. The second-order valence-corrected chi connectivity index (χ2v) is 6.91. The van der Waals surface area contributed by atoms with Gasteiger partial charge in [-0.15, -0.1) is 0 Å². The lowest BCUT2D eigenvalue weighted by Crippen LogP contribution is -2.24. The minimum Gasteiger partial charge on any atom is -0.324 e. The van der Waals surface area contributed by atoms with Crippen molar-refractivity contribution in [2.75, 3.05) is 5.32 Å². The number of benzene rings is 2. The van der Waals surface area contributed by atoms with E-state index in [1.807, 2.05) is 54.9 Å². The Morgan fingerprint density at radius 1 is 1.07 bits per heavy atom. The number of amides is 1. The van der Waals surface area contributed by atoms with Crippen LogP contribution in [-0.2, 0) is 11.3 Å². The molecule has 2 heterocycles. The molecule has 0 saturated heterocycles. The number of fused-ring (bicyclic) bond motifs is 1. The molecule has 1 amide bonds. The van der Waals surface area contributed by atoms with Gasteiger partial charge in [0.1, 0.15) is 0 Å². The van der Waals surface area contributed by atoms with E-state index in [9.17, 15) is 9.59 Å². The predicted octanol–water partition coefficient (Wildman–Crippen LogP) is 3.23. The van der Waals surface area contributed by atoms with Crippen molar-refractivity contribution in [3.8, 4) is 5.69 Å². The standard InChI is InChI=1S/C22H21N5O2/c1-15-13-16(2)27(25-15)20-10-6-5-9-19(20)24-21(28)11-12-26-14-23-18-8-4-3-7-17(18)22(26)29/h3-10,13-14H,11-12H2,1-2H3,(H,24,28). The zero-order valence-electron chi connectivity index (χ0n) is 16.3. The summed E-state index contributed by atoms with van der Waals surface area (Å²) in [6.07, 6.45) is 1.65. The molecule has 146 valence electrons. The molecular weight excluding hydrogens is 366 g/mol. The van der Waals surface area contributed by atoms with Gasteiger partial charge in [0.2, 0.25) is 5.91 Å². The highest BCUT2D eigenvalue weighted by Crippen LogP contribution is 2.21. The van der Waals surface area contributed by atoms with Crippen molar-refractivity contribution in [2.45, 2.75) is 26.8 Å². The lowest BCUT2D eigenvalue weighted by Gasteiger charge is -2.13. The maximum absolute atomic E-state index is 12.6. The number of aryl methyl sites for hydroxylation is 3. The molecule has 0 aliphatic rings. The fraction of sp³-hybridized carbons (Fsp3) is 0.182. The number of anilines is 1. The summed E-state index contributed by atoms with van der Waals surface area (Å²) >= 11 is 0. The van der Waals surface area contributed by atoms with Crippen LogP contribution in [0.5, 0.6) is 0 Å². The topological polar surface area (TPSA) is 81.8 Å². The van der Waals surface area contributed by atoms with Crippen LogP contribution in [-0.4, -0.2) is 25.2 Å². The number of aromatic nitrogens is 4. The van der Waals surface area contributed by atoms with Gasteiger partial charge in [-0.1, -0.05) is 24.3 Å². The number of carbonyl (C=O) groups is 1. The van der Waals surface area contributed by atoms with Crippen LogP contribution in [0.1, 0.15) is 17.8 Å². The summed E-state index contributed by atoms with van der Waals surface area (Å²) in [6.45, 7) is 4.16. The van der Waals surface area contributed by atoms with E-state index in [4.69, 9.17) is 0 Å².